The molecule has 0 saturated heterocycles. The van der Waals surface area contributed by atoms with Crippen molar-refractivity contribution >= 4 is 22.8 Å². The molecule has 2 heterocycles. The lowest BCUT2D eigenvalue weighted by molar-refractivity contribution is 1.05. The topological polar surface area (TPSA) is 40.7 Å². The minimum atomic E-state index is 0.867. The largest absolute Gasteiger partial charge is 0.338 e. The molecule has 0 bridgehead atoms. The maximum Gasteiger partial charge on any atom is 0.152 e. The fourth-order valence-corrected chi connectivity index (χ4v) is 1.55. The molecule has 2 rings (SSSR count). The van der Waals surface area contributed by atoms with Gasteiger partial charge in [0, 0.05) is 17.1 Å². The highest BCUT2D eigenvalue weighted by molar-refractivity contribution is 7.08. The van der Waals surface area contributed by atoms with E-state index in [9.17, 15) is 0 Å². The summed E-state index contributed by atoms with van der Waals surface area (Å²) in [4.78, 5) is 0. The number of hydrogen-bond donors (Lipinski definition) is 2. The van der Waals surface area contributed by atoms with Crippen LogP contribution in [0.25, 0.3) is 0 Å². The summed E-state index contributed by atoms with van der Waals surface area (Å²) in [7, 11) is 0. The number of aromatic amines is 1. The van der Waals surface area contributed by atoms with Gasteiger partial charge in [-0.2, -0.15) is 16.4 Å². The van der Waals surface area contributed by atoms with Gasteiger partial charge in [-0.05, 0) is 18.4 Å². The van der Waals surface area contributed by atoms with Crippen LogP contribution < -0.4 is 5.32 Å². The number of nitrogens with one attached hydrogen (secondary N) is 2. The quantitative estimate of drug-likeness (QED) is 0.743. The summed E-state index contributed by atoms with van der Waals surface area (Å²) in [5.74, 6) is 0.867. The van der Waals surface area contributed by atoms with Gasteiger partial charge >= 0.3 is 0 Å². The minimum Gasteiger partial charge on any atom is -0.338 e. The van der Waals surface area contributed by atoms with E-state index in [1.54, 1.807) is 11.3 Å². The van der Waals surface area contributed by atoms with Crippen LogP contribution in [-0.4, -0.2) is 10.2 Å². The van der Waals surface area contributed by atoms with Crippen molar-refractivity contribution < 1.29 is 0 Å². The van der Waals surface area contributed by atoms with E-state index in [1.807, 2.05) is 29.8 Å². The molecule has 0 unspecified atom stereocenters. The lowest BCUT2D eigenvalue weighted by atomic mass is 10.4. The van der Waals surface area contributed by atoms with Crippen LogP contribution in [0.5, 0.6) is 0 Å². The second kappa shape index (κ2) is 2.98. The Morgan fingerprint density at radius 3 is 3.08 bits per heavy atom. The Bertz CT molecular complexity index is 350. The Balaban J connectivity index is 2.14. The smallest absolute Gasteiger partial charge is 0.152 e. The molecule has 0 fully saturated rings. The molecule has 12 heavy (non-hydrogen) atoms. The summed E-state index contributed by atoms with van der Waals surface area (Å²) >= 11 is 1.67. The van der Waals surface area contributed by atoms with Gasteiger partial charge in [0.05, 0.1) is 5.69 Å². The van der Waals surface area contributed by atoms with Gasteiger partial charge in [0.1, 0.15) is 0 Å². The zero-order valence-corrected chi connectivity index (χ0v) is 7.48. The van der Waals surface area contributed by atoms with Crippen LogP contribution in [0.4, 0.5) is 11.5 Å². The third-order valence-electron chi connectivity index (χ3n) is 1.50. The normalized spacial score (nSPS) is 10.1. The first-order chi connectivity index (χ1) is 5.84. The van der Waals surface area contributed by atoms with Crippen LogP contribution in [0.15, 0.2) is 22.9 Å². The highest BCUT2D eigenvalue weighted by Gasteiger charge is 1.97. The van der Waals surface area contributed by atoms with E-state index in [0.29, 0.717) is 0 Å². The number of hydrogen-bond acceptors (Lipinski definition) is 3. The highest BCUT2D eigenvalue weighted by Crippen LogP contribution is 2.17. The van der Waals surface area contributed by atoms with Crippen molar-refractivity contribution in [2.75, 3.05) is 5.32 Å². The molecule has 0 spiro atoms. The van der Waals surface area contributed by atoms with E-state index in [1.165, 1.54) is 0 Å². The van der Waals surface area contributed by atoms with Gasteiger partial charge in [0.25, 0.3) is 0 Å². The Morgan fingerprint density at radius 1 is 1.58 bits per heavy atom. The molecule has 2 N–H and O–H groups in total. The number of H-pyrrole nitrogens is 1. The van der Waals surface area contributed by atoms with Crippen molar-refractivity contribution in [3.63, 3.8) is 0 Å². The average molecular weight is 179 g/mol. The molecule has 4 heteroatoms. The monoisotopic (exact) mass is 179 g/mol. The molecule has 3 nitrogen and oxygen atoms in total. The lowest BCUT2D eigenvalue weighted by Gasteiger charge is -1.95. The van der Waals surface area contributed by atoms with E-state index in [2.05, 4.69) is 15.5 Å². The summed E-state index contributed by atoms with van der Waals surface area (Å²) < 4.78 is 0. The SMILES string of the molecule is Cc1cc(Nc2ccsc2)n[nH]1. The summed E-state index contributed by atoms with van der Waals surface area (Å²) in [5.41, 5.74) is 2.15. The maximum absolute atomic E-state index is 4.06. The number of nitrogens with zero attached hydrogens (tertiary/aromatic N) is 1. The van der Waals surface area contributed by atoms with Crippen LogP contribution in [0.2, 0.25) is 0 Å². The fraction of sp³-hybridized carbons (Fsp3) is 0.125. The van der Waals surface area contributed by atoms with E-state index in [4.69, 9.17) is 0 Å². The first-order valence-corrected chi connectivity index (χ1v) is 4.60. The molecular weight excluding hydrogens is 170 g/mol. The molecule has 0 aliphatic carbocycles. The lowest BCUT2D eigenvalue weighted by Crippen LogP contribution is -1.86. The van der Waals surface area contributed by atoms with Crippen LogP contribution in [0.1, 0.15) is 5.69 Å². The van der Waals surface area contributed by atoms with Crippen molar-refractivity contribution in [3.05, 3.63) is 28.6 Å². The molecule has 0 saturated carbocycles. The van der Waals surface area contributed by atoms with Gasteiger partial charge in [-0.15, -0.1) is 0 Å². The molecule has 0 radical (unpaired) electrons. The maximum atomic E-state index is 4.06. The molecule has 2 aromatic heterocycles. The minimum absolute atomic E-state index is 0.867. The fourth-order valence-electron chi connectivity index (χ4n) is 0.966. The van der Waals surface area contributed by atoms with Gasteiger partial charge < -0.3 is 5.32 Å². The first kappa shape index (κ1) is 7.36. The van der Waals surface area contributed by atoms with Crippen LogP contribution in [-0.2, 0) is 0 Å². The van der Waals surface area contributed by atoms with Gasteiger partial charge in [-0.1, -0.05) is 0 Å². The van der Waals surface area contributed by atoms with Crippen LogP contribution >= 0.6 is 11.3 Å². The summed E-state index contributed by atoms with van der Waals surface area (Å²) in [5, 5.41) is 14.2. The zero-order valence-electron chi connectivity index (χ0n) is 6.66. The summed E-state index contributed by atoms with van der Waals surface area (Å²) in [6.45, 7) is 1.98. The molecule has 62 valence electrons. The third-order valence-corrected chi connectivity index (χ3v) is 2.18. The van der Waals surface area contributed by atoms with Crippen molar-refractivity contribution in [1.82, 2.24) is 10.2 Å². The molecule has 0 amide bonds. The standard InChI is InChI=1S/C8H9N3S/c1-6-4-8(11-10-6)9-7-2-3-12-5-7/h2-5H,1H3,(H2,9,10,11). The molecule has 0 aromatic carbocycles. The predicted octanol–water partition coefficient (Wildman–Crippen LogP) is 2.52. The van der Waals surface area contributed by atoms with E-state index in [-0.39, 0.29) is 0 Å². The van der Waals surface area contributed by atoms with Crippen LogP contribution in [0, 0.1) is 6.92 Å². The van der Waals surface area contributed by atoms with Crippen molar-refractivity contribution in [2.24, 2.45) is 0 Å². The summed E-state index contributed by atoms with van der Waals surface area (Å²) in [6.07, 6.45) is 0. The molecule has 2 aromatic rings. The number of thiophene rings is 1. The van der Waals surface area contributed by atoms with E-state index in [0.717, 1.165) is 17.2 Å². The zero-order chi connectivity index (χ0) is 8.39. The number of anilines is 2. The Labute approximate surface area is 74.4 Å². The first-order valence-electron chi connectivity index (χ1n) is 3.66. The van der Waals surface area contributed by atoms with Gasteiger partial charge in [-0.25, -0.2) is 0 Å². The highest BCUT2D eigenvalue weighted by atomic mass is 32.1. The second-order valence-corrected chi connectivity index (χ2v) is 3.35. The second-order valence-electron chi connectivity index (χ2n) is 2.57. The van der Waals surface area contributed by atoms with Gasteiger partial charge in [0.2, 0.25) is 0 Å². The Morgan fingerprint density at radius 2 is 2.50 bits per heavy atom. The molecular formula is C8H9N3S. The predicted molar refractivity (Wildman–Crippen MR) is 50.9 cm³/mol. The van der Waals surface area contributed by atoms with Gasteiger partial charge in [-0.3, -0.25) is 5.10 Å². The average Bonchev–Trinajstić information content (AvgIpc) is 2.63. The third kappa shape index (κ3) is 1.48. The Kier molecular flexibility index (Phi) is 1.83. The van der Waals surface area contributed by atoms with E-state index >= 15 is 0 Å². The van der Waals surface area contributed by atoms with Crippen molar-refractivity contribution in [2.45, 2.75) is 6.92 Å². The molecule has 0 aliphatic heterocycles. The molecule has 0 atom stereocenters. The number of rotatable bonds is 2. The number of aryl methyl sites for hydroxylation is 1. The summed E-state index contributed by atoms with van der Waals surface area (Å²) in [6, 6.07) is 3.99. The van der Waals surface area contributed by atoms with Gasteiger partial charge in [0.15, 0.2) is 5.82 Å². The van der Waals surface area contributed by atoms with Crippen LogP contribution in [0.3, 0.4) is 0 Å². The Hall–Kier alpha value is -1.29. The number of aromatic nitrogens is 2. The van der Waals surface area contributed by atoms with E-state index < -0.39 is 0 Å². The van der Waals surface area contributed by atoms with Crippen molar-refractivity contribution in [3.8, 4) is 0 Å². The van der Waals surface area contributed by atoms with Crippen molar-refractivity contribution in [1.29, 1.82) is 0 Å². The molecule has 0 aliphatic rings.